The van der Waals surface area contributed by atoms with Gasteiger partial charge in [0.25, 0.3) is 5.09 Å². The molecule has 1 amide bonds. The summed E-state index contributed by atoms with van der Waals surface area (Å²) < 4.78 is 4.99. The molecule has 0 aliphatic heterocycles. The number of benzene rings is 1. The maximum atomic E-state index is 10.3. The number of amides is 1. The zero-order valence-electron chi connectivity index (χ0n) is 14.8. The number of aromatic carboxylic acids is 1. The molecule has 0 bridgehead atoms. The van der Waals surface area contributed by atoms with E-state index in [9.17, 15) is 19.7 Å². The Morgan fingerprint density at radius 1 is 1.31 bits per heavy atom. The fraction of sp³-hybridized carbons (Fsp3) is 0.286. The van der Waals surface area contributed by atoms with Crippen LogP contribution in [0, 0.1) is 14.1 Å². The molecule has 12 nitrogen and oxygen atoms in total. The number of carboxylic acid groups (broad SMARTS) is 1. The summed E-state index contributed by atoms with van der Waals surface area (Å²) in [5.41, 5.74) is 10.1. The Balaban J connectivity index is 0.000000418. The van der Waals surface area contributed by atoms with Gasteiger partial charge >= 0.3 is 12.1 Å². The number of primary amides is 1. The molecule has 0 aliphatic rings. The van der Waals surface area contributed by atoms with Crippen LogP contribution in [0.25, 0.3) is 0 Å². The van der Waals surface area contributed by atoms with Crippen molar-refractivity contribution in [1.82, 2.24) is 10.2 Å². The molecule has 2 aromatic rings. The number of hydrogen-bond donors (Lipinski definition) is 5. The predicted molar refractivity (Wildman–Crippen MR) is 110 cm³/mol. The number of nitrogen functional groups attached to an aromatic ring is 1. The van der Waals surface area contributed by atoms with Crippen molar-refractivity contribution in [3.63, 3.8) is 0 Å². The first-order valence-corrected chi connectivity index (χ1v) is 9.31. The van der Waals surface area contributed by atoms with Gasteiger partial charge < -0.3 is 26.1 Å². The van der Waals surface area contributed by atoms with Gasteiger partial charge in [-0.3, -0.25) is 5.10 Å². The van der Waals surface area contributed by atoms with E-state index in [0.717, 1.165) is 4.90 Å². The lowest BCUT2D eigenvalue weighted by Crippen LogP contribution is -2.14. The van der Waals surface area contributed by atoms with E-state index in [1.165, 1.54) is 23.5 Å². The zero-order valence-corrected chi connectivity index (χ0v) is 17.4. The van der Waals surface area contributed by atoms with E-state index >= 15 is 0 Å². The molecule has 0 unspecified atom stereocenters. The second kappa shape index (κ2) is 15.1. The molecule has 160 valence electrons. The Labute approximate surface area is 179 Å². The molecule has 1 aromatic heterocycles. The molecule has 0 aliphatic carbocycles. The van der Waals surface area contributed by atoms with Crippen molar-refractivity contribution in [2.24, 2.45) is 5.73 Å². The summed E-state index contributed by atoms with van der Waals surface area (Å²) in [5.74, 6) is -0.909. The van der Waals surface area contributed by atoms with Gasteiger partial charge in [0.1, 0.15) is 0 Å². The summed E-state index contributed by atoms with van der Waals surface area (Å²) in [6.45, 7) is 0.172. The second-order valence-corrected chi connectivity index (χ2v) is 6.95. The molecule has 0 fully saturated rings. The van der Waals surface area contributed by atoms with Crippen LogP contribution in [-0.2, 0) is 9.57 Å². The number of carbonyl (C=O) groups excluding carboxylic acids is 1. The number of aromatic amines is 1. The Hall–Kier alpha value is -2.91. The maximum absolute atomic E-state index is 10.3. The minimum Gasteiger partial charge on any atom is -0.478 e. The summed E-state index contributed by atoms with van der Waals surface area (Å²) in [6.07, 6.45) is 0.107. The first-order valence-electron chi connectivity index (χ1n) is 7.64. The van der Waals surface area contributed by atoms with Gasteiger partial charge in [0, 0.05) is 4.90 Å². The number of carbonyl (C=O) groups is 2. The van der Waals surface area contributed by atoms with E-state index < -0.39 is 17.1 Å². The molecule has 2 rings (SSSR count). The monoisotopic (exact) mass is 465 g/mol. The van der Waals surface area contributed by atoms with Gasteiger partial charge in [-0.2, -0.15) is 0 Å². The first kappa shape index (κ1) is 26.1. The van der Waals surface area contributed by atoms with Crippen LogP contribution in [0.2, 0.25) is 0 Å². The number of unbranched alkanes of at least 4 members (excludes halogenated alkanes) is 1. The Bertz CT molecular complexity index is 808. The molecule has 0 atom stereocenters. The van der Waals surface area contributed by atoms with E-state index in [2.05, 4.69) is 50.4 Å². The van der Waals surface area contributed by atoms with Crippen LogP contribution in [0.4, 0.5) is 9.93 Å². The quantitative estimate of drug-likeness (QED) is 0.133. The van der Waals surface area contributed by atoms with Crippen LogP contribution >= 0.6 is 36.2 Å². The maximum Gasteiger partial charge on any atom is 0.404 e. The minimum absolute atomic E-state index is 0.00905. The molecule has 29 heavy (non-hydrogen) atoms. The topological polar surface area (TPSA) is 197 Å². The molecule has 0 saturated carbocycles. The number of anilines is 1. The summed E-state index contributed by atoms with van der Waals surface area (Å²) in [4.78, 5) is 34.7. The third-order valence-corrected chi connectivity index (χ3v) is 3.77. The lowest BCUT2D eigenvalue weighted by Gasteiger charge is -1.99. The standard InChI is InChI=1S/C7H6O2S.C5H10N2O5.C2H3N3S2/c8-7(9)5-1-3-6(10)4-2-5;6-5(8)11-3-1-2-4-12-7(9)10;3-1-4-5-2(6)7-1/h1-4,10H,(H,8,9);1-4H2,(H2,6,8);(H2,3,4)(H,5,6). The molecule has 0 radical (unpaired) electrons. The molecule has 1 aromatic carbocycles. The van der Waals surface area contributed by atoms with Crippen molar-refractivity contribution in [2.45, 2.75) is 17.7 Å². The van der Waals surface area contributed by atoms with Crippen LogP contribution in [0.5, 0.6) is 0 Å². The van der Waals surface area contributed by atoms with Crippen LogP contribution in [0.3, 0.4) is 0 Å². The number of rotatable bonds is 7. The van der Waals surface area contributed by atoms with Crippen LogP contribution < -0.4 is 11.5 Å². The van der Waals surface area contributed by atoms with E-state index in [-0.39, 0.29) is 18.8 Å². The number of nitrogens with zero attached hydrogens (tertiary/aromatic N) is 2. The molecule has 15 heteroatoms. The van der Waals surface area contributed by atoms with Crippen molar-refractivity contribution in [3.8, 4) is 0 Å². The number of nitrogens with one attached hydrogen (secondary N) is 1. The molecular weight excluding hydrogens is 446 g/mol. The first-order chi connectivity index (χ1) is 13.6. The number of nitrogens with two attached hydrogens (primary N) is 2. The van der Waals surface area contributed by atoms with Crippen LogP contribution in [0.15, 0.2) is 29.2 Å². The third-order valence-electron chi connectivity index (χ3n) is 2.55. The molecule has 6 N–H and O–H groups in total. The lowest BCUT2D eigenvalue weighted by molar-refractivity contribution is -0.757. The highest BCUT2D eigenvalue weighted by Gasteiger charge is 1.99. The number of carboxylic acids is 1. The normalized spacial score (nSPS) is 9.14. The fourth-order valence-corrected chi connectivity index (χ4v) is 2.18. The number of aromatic nitrogens is 2. The van der Waals surface area contributed by atoms with Crippen molar-refractivity contribution in [1.29, 1.82) is 0 Å². The van der Waals surface area contributed by atoms with E-state index in [1.807, 2.05) is 0 Å². The van der Waals surface area contributed by atoms with Crippen LogP contribution in [0.1, 0.15) is 23.2 Å². The second-order valence-electron chi connectivity index (χ2n) is 4.73. The number of H-pyrrole nitrogens is 1. The average molecular weight is 466 g/mol. The van der Waals surface area contributed by atoms with Gasteiger partial charge in [0.15, 0.2) is 3.95 Å². The highest BCUT2D eigenvalue weighted by Crippen LogP contribution is 2.07. The van der Waals surface area contributed by atoms with Gasteiger partial charge in [0.2, 0.25) is 5.13 Å². The zero-order chi connectivity index (χ0) is 22.2. The average Bonchev–Trinajstić information content (AvgIpc) is 3.02. The van der Waals surface area contributed by atoms with Crippen molar-refractivity contribution in [2.75, 3.05) is 18.9 Å². The molecular formula is C14H19N5O7S3. The number of thiol groups is 1. The third kappa shape index (κ3) is 15.8. The minimum atomic E-state index is -0.909. The Morgan fingerprint density at radius 3 is 2.28 bits per heavy atom. The number of ether oxygens (including phenoxy) is 1. The predicted octanol–water partition coefficient (Wildman–Crippen LogP) is 2.53. The van der Waals surface area contributed by atoms with Crippen LogP contribution in [-0.4, -0.2) is 45.7 Å². The van der Waals surface area contributed by atoms with Gasteiger partial charge in [-0.15, -0.1) is 27.8 Å². The van der Waals surface area contributed by atoms with Crippen molar-refractivity contribution < 1.29 is 29.4 Å². The number of hydrogen-bond acceptors (Lipinski definition) is 11. The SMILES string of the molecule is NC(=O)OCCCCO[N+](=O)[O-].Nc1n[nH]c(=S)s1.O=C(O)c1ccc(S)cc1. The van der Waals surface area contributed by atoms with Gasteiger partial charge in [0.05, 0.1) is 18.8 Å². The molecule has 0 spiro atoms. The van der Waals surface area contributed by atoms with E-state index in [0.29, 0.717) is 21.9 Å². The largest absolute Gasteiger partial charge is 0.478 e. The summed E-state index contributed by atoms with van der Waals surface area (Å²) in [7, 11) is 0. The van der Waals surface area contributed by atoms with Gasteiger partial charge in [-0.05, 0) is 49.3 Å². The molecule has 1 heterocycles. The summed E-state index contributed by atoms with van der Waals surface area (Å²) in [6, 6.07) is 6.33. The van der Waals surface area contributed by atoms with Gasteiger partial charge in [-0.25, -0.2) is 9.59 Å². The smallest absolute Gasteiger partial charge is 0.404 e. The summed E-state index contributed by atoms with van der Waals surface area (Å²) >= 11 is 9.93. The van der Waals surface area contributed by atoms with E-state index in [4.69, 9.17) is 10.8 Å². The fourth-order valence-electron chi connectivity index (χ4n) is 1.36. The highest BCUT2D eigenvalue weighted by atomic mass is 32.1. The van der Waals surface area contributed by atoms with E-state index in [1.54, 1.807) is 12.1 Å². The van der Waals surface area contributed by atoms with Gasteiger partial charge in [-0.1, -0.05) is 11.3 Å². The summed E-state index contributed by atoms with van der Waals surface area (Å²) in [5, 5.41) is 23.8. The van der Waals surface area contributed by atoms with Crippen molar-refractivity contribution in [3.05, 3.63) is 43.9 Å². The Kier molecular flexibility index (Phi) is 13.6. The lowest BCUT2D eigenvalue weighted by atomic mass is 10.2. The Morgan fingerprint density at radius 2 is 1.90 bits per heavy atom. The van der Waals surface area contributed by atoms with Crippen molar-refractivity contribution >= 4 is 53.4 Å². The highest BCUT2D eigenvalue weighted by molar-refractivity contribution is 7.80. The molecule has 0 saturated heterocycles.